The maximum Gasteiger partial charge on any atom is 0.303 e. The maximum absolute atomic E-state index is 12.0. The van der Waals surface area contributed by atoms with E-state index in [4.69, 9.17) is 19.3 Å². The molecule has 2 aromatic rings. The summed E-state index contributed by atoms with van der Waals surface area (Å²) in [6.45, 7) is 12.6. The first kappa shape index (κ1) is 38.2. The predicted molar refractivity (Wildman–Crippen MR) is 193 cm³/mol. The highest BCUT2D eigenvalue weighted by Gasteiger charge is 2.44. The van der Waals surface area contributed by atoms with Gasteiger partial charge in [-0.05, 0) is 92.4 Å². The molecule has 49 heavy (non-hydrogen) atoms. The molecule has 9 nitrogen and oxygen atoms in total. The lowest BCUT2D eigenvalue weighted by Crippen LogP contribution is -2.28. The molecule has 10 heteroatoms. The minimum atomic E-state index is -4.38. The number of hydrogen-bond acceptors (Lipinski definition) is 6. The van der Waals surface area contributed by atoms with E-state index >= 15 is 0 Å². The normalized spacial score (nSPS) is 16.7. The van der Waals surface area contributed by atoms with Crippen molar-refractivity contribution in [1.82, 2.24) is 0 Å². The zero-order valence-electron chi connectivity index (χ0n) is 29.9. The Bertz CT molecular complexity index is 1750. The van der Waals surface area contributed by atoms with Crippen molar-refractivity contribution < 1.29 is 41.7 Å². The topological polar surface area (TPSA) is 122 Å². The number of aliphatic carboxylic acids is 1. The second-order valence-corrected chi connectivity index (χ2v) is 15.8. The van der Waals surface area contributed by atoms with Gasteiger partial charge in [-0.25, -0.2) is 0 Å². The van der Waals surface area contributed by atoms with Crippen LogP contribution in [-0.4, -0.2) is 68.3 Å². The van der Waals surface area contributed by atoms with Crippen LogP contribution in [0, 0.1) is 5.41 Å². The number of benzene rings is 2. The molecule has 0 spiro atoms. The van der Waals surface area contributed by atoms with Crippen molar-refractivity contribution in [3.05, 3.63) is 83.2 Å². The fourth-order valence-electron chi connectivity index (χ4n) is 6.69. The largest absolute Gasteiger partial charge is 0.481 e. The molecule has 0 amide bonds. The molecule has 0 radical (unpaired) electrons. The molecule has 0 bridgehead atoms. The van der Waals surface area contributed by atoms with Gasteiger partial charge in [0.15, 0.2) is 5.71 Å². The minimum Gasteiger partial charge on any atom is -0.481 e. The quantitative estimate of drug-likeness (QED) is 0.103. The Morgan fingerprint density at radius 2 is 1.71 bits per heavy atom. The number of carboxylic acids is 1. The average molecular weight is 695 g/mol. The molecule has 0 saturated carbocycles. The van der Waals surface area contributed by atoms with Gasteiger partial charge in [-0.2, -0.15) is 13.0 Å². The predicted octanol–water partition coefficient (Wildman–Crippen LogP) is 8.07. The van der Waals surface area contributed by atoms with E-state index in [0.717, 1.165) is 54.0 Å². The lowest BCUT2D eigenvalue weighted by molar-refractivity contribution is -0.438. The van der Waals surface area contributed by atoms with Gasteiger partial charge in [0.2, 0.25) is 5.69 Å². The van der Waals surface area contributed by atoms with Crippen molar-refractivity contribution in [1.29, 1.82) is 0 Å². The van der Waals surface area contributed by atoms with Gasteiger partial charge < -0.3 is 19.3 Å². The highest BCUT2D eigenvalue weighted by molar-refractivity contribution is 7.85. The summed E-state index contributed by atoms with van der Waals surface area (Å²) in [5.41, 5.74) is 5.33. The van der Waals surface area contributed by atoms with Crippen LogP contribution in [0.15, 0.2) is 71.4 Å². The number of unbranched alkanes of at least 4 members (excludes halogenated alkanes) is 2. The van der Waals surface area contributed by atoms with Crippen molar-refractivity contribution in [3.63, 3.8) is 0 Å². The highest BCUT2D eigenvalue weighted by Crippen LogP contribution is 2.45. The molecule has 0 atom stereocenters. The Morgan fingerprint density at radius 3 is 2.33 bits per heavy atom. The number of carbonyl (C=O) groups is 1. The number of fused-ring (bicyclic) bond motifs is 2. The van der Waals surface area contributed by atoms with Crippen LogP contribution in [0.3, 0.4) is 0 Å². The van der Waals surface area contributed by atoms with E-state index in [1.54, 1.807) is 26.4 Å². The summed E-state index contributed by atoms with van der Waals surface area (Å²) >= 11 is 0. The standard InChI is InChI=1S/C39H51NO8S/c1-38(2,3)32-25-29(48-35-24-28(15-17-31(32)35)27(19-22-46-6)20-23-47-7)12-11-13-36-39(4,5)33-26-30(49(43,44)45)16-18-34(33)40(36)21-10-8-9-14-37(41)42/h11-13,15-18,24-27H,8-10,14,19-23H2,1-7H3,(H-,41,42,43,44,45)/p+1/b13-11+,29-12+. The molecule has 4 rings (SSSR count). The molecule has 266 valence electrons. The Labute approximate surface area is 291 Å². The summed E-state index contributed by atoms with van der Waals surface area (Å²) in [6.07, 6.45) is 12.0. The van der Waals surface area contributed by atoms with E-state index in [-0.39, 0.29) is 22.6 Å². The third kappa shape index (κ3) is 9.36. The second kappa shape index (κ2) is 16.0. The van der Waals surface area contributed by atoms with Crippen molar-refractivity contribution in [2.45, 2.75) is 89.4 Å². The molecule has 0 aromatic heterocycles. The van der Waals surface area contributed by atoms with Crippen LogP contribution in [0.2, 0.25) is 0 Å². The number of methoxy groups -OCH3 is 2. The number of hydrogen-bond donors (Lipinski definition) is 2. The van der Waals surface area contributed by atoms with Gasteiger partial charge in [0.1, 0.15) is 18.1 Å². The van der Waals surface area contributed by atoms with Crippen LogP contribution in [0.4, 0.5) is 5.69 Å². The van der Waals surface area contributed by atoms with Crippen LogP contribution >= 0.6 is 0 Å². The van der Waals surface area contributed by atoms with Gasteiger partial charge in [-0.15, -0.1) is 0 Å². The maximum atomic E-state index is 12.0. The van der Waals surface area contributed by atoms with E-state index in [2.05, 4.69) is 49.6 Å². The fourth-order valence-corrected chi connectivity index (χ4v) is 7.20. The molecule has 2 aliphatic rings. The van der Waals surface area contributed by atoms with Gasteiger partial charge in [-0.3, -0.25) is 9.35 Å². The molecule has 0 aliphatic carbocycles. The summed E-state index contributed by atoms with van der Waals surface area (Å²) in [4.78, 5) is 10.9. The first-order valence-corrected chi connectivity index (χ1v) is 18.4. The van der Waals surface area contributed by atoms with Gasteiger partial charge in [0.05, 0.1) is 10.3 Å². The molecule has 0 fully saturated rings. The second-order valence-electron chi connectivity index (χ2n) is 14.4. The van der Waals surface area contributed by atoms with E-state index in [0.29, 0.717) is 31.9 Å². The van der Waals surface area contributed by atoms with Crippen LogP contribution in [0.25, 0.3) is 5.57 Å². The summed E-state index contributed by atoms with van der Waals surface area (Å²) < 4.78 is 53.3. The number of allylic oxidation sites excluding steroid dienone is 5. The third-order valence-electron chi connectivity index (χ3n) is 9.38. The van der Waals surface area contributed by atoms with Gasteiger partial charge in [0.25, 0.3) is 10.1 Å². The van der Waals surface area contributed by atoms with Crippen LogP contribution in [-0.2, 0) is 29.8 Å². The highest BCUT2D eigenvalue weighted by atomic mass is 32.2. The van der Waals surface area contributed by atoms with Crippen LogP contribution in [0.1, 0.15) is 95.8 Å². The molecular weight excluding hydrogens is 642 g/mol. The Balaban J connectivity index is 1.71. The first-order chi connectivity index (χ1) is 23.1. The van der Waals surface area contributed by atoms with Crippen molar-refractivity contribution in [2.75, 3.05) is 34.0 Å². The number of ether oxygens (including phenoxy) is 3. The number of nitrogens with zero attached hydrogens (tertiary/aromatic N) is 1. The van der Waals surface area contributed by atoms with E-state index in [1.807, 2.05) is 32.1 Å². The number of rotatable bonds is 16. The Hall–Kier alpha value is -3.57. The minimum absolute atomic E-state index is 0.125. The van der Waals surface area contributed by atoms with Crippen molar-refractivity contribution in [2.24, 2.45) is 5.41 Å². The summed E-state index contributed by atoms with van der Waals surface area (Å²) in [6, 6.07) is 11.2. The van der Waals surface area contributed by atoms with Crippen LogP contribution in [0.5, 0.6) is 5.75 Å². The van der Waals surface area contributed by atoms with E-state index in [1.165, 1.54) is 17.2 Å². The van der Waals surface area contributed by atoms with Crippen molar-refractivity contribution >= 4 is 33.1 Å². The molecule has 0 saturated heterocycles. The summed E-state index contributed by atoms with van der Waals surface area (Å²) in [5, 5.41) is 9.05. The molecular formula is C39H52NO8S+. The molecule has 2 heterocycles. The van der Waals surface area contributed by atoms with Gasteiger partial charge >= 0.3 is 5.97 Å². The lowest BCUT2D eigenvalue weighted by Gasteiger charge is -2.30. The zero-order valence-corrected chi connectivity index (χ0v) is 30.7. The summed E-state index contributed by atoms with van der Waals surface area (Å²) in [5.74, 6) is 0.979. The van der Waals surface area contributed by atoms with Crippen LogP contribution < -0.4 is 4.74 Å². The van der Waals surface area contributed by atoms with E-state index < -0.39 is 21.5 Å². The first-order valence-electron chi connectivity index (χ1n) is 17.0. The van der Waals surface area contributed by atoms with Crippen molar-refractivity contribution in [3.8, 4) is 5.75 Å². The van der Waals surface area contributed by atoms with Gasteiger partial charge in [0, 0.05) is 63.5 Å². The third-order valence-corrected chi connectivity index (χ3v) is 10.2. The van der Waals surface area contributed by atoms with E-state index in [9.17, 15) is 17.8 Å². The monoisotopic (exact) mass is 694 g/mol. The smallest absolute Gasteiger partial charge is 0.303 e. The molecule has 0 unspecified atom stereocenters. The number of carboxylic acid groups (broad SMARTS) is 1. The SMILES string of the molecule is COCCC(CCOC)c1ccc2c(c1)O/C(=C/C=C/C1=[N+](CCCCCC(=O)O)c3ccc(S(=O)(=O)O)cc3C1(C)C)C=C2C(C)(C)C. The summed E-state index contributed by atoms with van der Waals surface area (Å²) in [7, 11) is -0.942. The lowest BCUT2D eigenvalue weighted by atomic mass is 9.79. The fraction of sp³-hybridized carbons (Fsp3) is 0.487. The Morgan fingerprint density at radius 1 is 1.02 bits per heavy atom. The zero-order chi connectivity index (χ0) is 36.0. The Kier molecular flexibility index (Phi) is 12.5. The molecule has 2 aliphatic heterocycles. The molecule has 2 aromatic carbocycles. The average Bonchev–Trinajstić information content (AvgIpc) is 3.24. The molecule has 2 N–H and O–H groups in total. The van der Waals surface area contributed by atoms with Gasteiger partial charge in [-0.1, -0.05) is 39.0 Å².